The van der Waals surface area contributed by atoms with Crippen molar-refractivity contribution in [3.05, 3.63) is 33.3 Å². The maximum absolute atomic E-state index is 11.9. The minimum atomic E-state index is -0.339. The third-order valence-corrected chi connectivity index (χ3v) is 3.15. The number of nitrogens with one attached hydrogen (secondary N) is 1. The summed E-state index contributed by atoms with van der Waals surface area (Å²) in [6.07, 6.45) is 0. The van der Waals surface area contributed by atoms with Crippen LogP contribution in [-0.4, -0.2) is 24.2 Å². The maximum atomic E-state index is 11.9. The van der Waals surface area contributed by atoms with E-state index in [2.05, 4.69) is 21.2 Å². The Bertz CT molecular complexity index is 421. The van der Waals surface area contributed by atoms with Gasteiger partial charge in [0.15, 0.2) is 0 Å². The van der Waals surface area contributed by atoms with Gasteiger partial charge in [-0.1, -0.05) is 41.4 Å². The molecule has 1 aromatic carbocycles. The molecule has 0 radical (unpaired) electrons. The Balaban J connectivity index is 2.74. The Hall–Kier alpha value is -0.580. The van der Waals surface area contributed by atoms with Crippen molar-refractivity contribution >= 4 is 33.4 Å². The average Bonchev–Trinajstić information content (AvgIpc) is 2.29. The summed E-state index contributed by atoms with van der Waals surface area (Å²) in [5.41, 5.74) is 0.0866. The van der Waals surface area contributed by atoms with E-state index in [0.29, 0.717) is 17.1 Å². The normalized spacial score (nSPS) is 11.4. The molecule has 3 nitrogen and oxygen atoms in total. The van der Waals surface area contributed by atoms with Crippen LogP contribution in [0.15, 0.2) is 22.7 Å². The van der Waals surface area contributed by atoms with E-state index in [1.807, 2.05) is 13.8 Å². The summed E-state index contributed by atoms with van der Waals surface area (Å²) in [6, 6.07) is 5.11. The highest BCUT2D eigenvalue weighted by Crippen LogP contribution is 2.21. The summed E-state index contributed by atoms with van der Waals surface area (Å²) >= 11 is 9.23. The molecule has 0 unspecified atom stereocenters. The van der Waals surface area contributed by atoms with Crippen molar-refractivity contribution in [2.24, 2.45) is 5.41 Å². The van der Waals surface area contributed by atoms with Gasteiger partial charge in [-0.2, -0.15) is 0 Å². The van der Waals surface area contributed by atoms with Crippen molar-refractivity contribution in [3.8, 4) is 0 Å². The van der Waals surface area contributed by atoms with Crippen LogP contribution >= 0.6 is 27.5 Å². The molecule has 0 saturated heterocycles. The van der Waals surface area contributed by atoms with E-state index in [-0.39, 0.29) is 17.9 Å². The van der Waals surface area contributed by atoms with Crippen molar-refractivity contribution in [2.75, 3.05) is 13.2 Å². The molecule has 5 heteroatoms. The largest absolute Gasteiger partial charge is 0.396 e. The molecule has 0 atom stereocenters. The number of hydrogen-bond donors (Lipinski definition) is 2. The van der Waals surface area contributed by atoms with E-state index in [4.69, 9.17) is 16.7 Å². The molecule has 0 bridgehead atoms. The lowest BCUT2D eigenvalue weighted by Crippen LogP contribution is -2.36. The van der Waals surface area contributed by atoms with Crippen molar-refractivity contribution in [1.82, 2.24) is 5.32 Å². The van der Waals surface area contributed by atoms with Crippen LogP contribution < -0.4 is 5.32 Å². The Morgan fingerprint density at radius 1 is 1.53 bits per heavy atom. The smallest absolute Gasteiger partial charge is 0.252 e. The standard InChI is InChI=1S/C12H15BrClNO2/c1-12(2,7-16)6-15-11(17)9-5-8(13)3-4-10(9)14/h3-5,16H,6-7H2,1-2H3,(H,15,17). The third kappa shape index (κ3) is 4.30. The van der Waals surface area contributed by atoms with Gasteiger partial charge in [-0.3, -0.25) is 4.79 Å². The van der Waals surface area contributed by atoms with Gasteiger partial charge in [0.25, 0.3) is 5.91 Å². The first-order valence-electron chi connectivity index (χ1n) is 5.20. The Morgan fingerprint density at radius 2 is 2.18 bits per heavy atom. The Kier molecular flexibility index (Phi) is 4.98. The first kappa shape index (κ1) is 14.5. The number of rotatable bonds is 4. The topological polar surface area (TPSA) is 49.3 Å². The molecule has 0 fully saturated rings. The summed E-state index contributed by atoms with van der Waals surface area (Å²) in [4.78, 5) is 11.9. The lowest BCUT2D eigenvalue weighted by molar-refractivity contribution is 0.0911. The molecule has 0 aliphatic heterocycles. The molecule has 0 aliphatic rings. The van der Waals surface area contributed by atoms with Crippen molar-refractivity contribution in [2.45, 2.75) is 13.8 Å². The first-order chi connectivity index (χ1) is 7.85. The van der Waals surface area contributed by atoms with Gasteiger partial charge in [-0.05, 0) is 18.2 Å². The fourth-order valence-corrected chi connectivity index (χ4v) is 1.71. The molecule has 0 heterocycles. The van der Waals surface area contributed by atoms with Crippen molar-refractivity contribution in [3.63, 3.8) is 0 Å². The summed E-state index contributed by atoms with van der Waals surface area (Å²) in [7, 11) is 0. The zero-order valence-electron chi connectivity index (χ0n) is 9.76. The van der Waals surface area contributed by atoms with Gasteiger partial charge >= 0.3 is 0 Å². The number of carbonyl (C=O) groups excluding carboxylic acids is 1. The van der Waals surface area contributed by atoms with Gasteiger partial charge < -0.3 is 10.4 Å². The molecule has 1 aromatic rings. The Labute approximate surface area is 114 Å². The van der Waals surface area contributed by atoms with Gasteiger partial charge in [-0.25, -0.2) is 0 Å². The van der Waals surface area contributed by atoms with Crippen LogP contribution in [0.2, 0.25) is 5.02 Å². The summed E-state index contributed by atoms with van der Waals surface area (Å²) in [5, 5.41) is 12.3. The summed E-state index contributed by atoms with van der Waals surface area (Å²) in [6.45, 7) is 4.15. The highest BCUT2D eigenvalue weighted by atomic mass is 79.9. The van der Waals surface area contributed by atoms with Crippen LogP contribution in [0, 0.1) is 5.41 Å². The van der Waals surface area contributed by atoms with Crippen LogP contribution in [-0.2, 0) is 0 Å². The molecule has 1 amide bonds. The number of halogens is 2. The number of aliphatic hydroxyl groups excluding tert-OH is 1. The average molecular weight is 321 g/mol. The quantitative estimate of drug-likeness (QED) is 0.896. The van der Waals surface area contributed by atoms with Crippen LogP contribution in [0.5, 0.6) is 0 Å². The van der Waals surface area contributed by atoms with Crippen LogP contribution in [0.1, 0.15) is 24.2 Å². The Morgan fingerprint density at radius 3 is 2.76 bits per heavy atom. The monoisotopic (exact) mass is 319 g/mol. The minimum Gasteiger partial charge on any atom is -0.396 e. The molecule has 94 valence electrons. The van der Waals surface area contributed by atoms with Gasteiger partial charge in [-0.15, -0.1) is 0 Å². The van der Waals surface area contributed by atoms with E-state index < -0.39 is 0 Å². The highest BCUT2D eigenvalue weighted by Gasteiger charge is 2.19. The molecule has 0 saturated carbocycles. The van der Waals surface area contributed by atoms with Gasteiger partial charge in [0.1, 0.15) is 0 Å². The minimum absolute atomic E-state index is 0.0134. The number of hydrogen-bond acceptors (Lipinski definition) is 2. The fraction of sp³-hybridized carbons (Fsp3) is 0.417. The van der Waals surface area contributed by atoms with Crippen molar-refractivity contribution in [1.29, 1.82) is 0 Å². The number of carbonyl (C=O) groups is 1. The molecular weight excluding hydrogens is 305 g/mol. The molecule has 0 aromatic heterocycles. The van der Waals surface area contributed by atoms with Crippen molar-refractivity contribution < 1.29 is 9.90 Å². The number of benzene rings is 1. The first-order valence-corrected chi connectivity index (χ1v) is 6.37. The lowest BCUT2D eigenvalue weighted by Gasteiger charge is -2.22. The zero-order chi connectivity index (χ0) is 13.1. The zero-order valence-corrected chi connectivity index (χ0v) is 12.1. The maximum Gasteiger partial charge on any atom is 0.252 e. The summed E-state index contributed by atoms with van der Waals surface area (Å²) in [5.74, 6) is -0.238. The third-order valence-electron chi connectivity index (χ3n) is 2.33. The molecule has 17 heavy (non-hydrogen) atoms. The van der Waals surface area contributed by atoms with Crippen LogP contribution in [0.3, 0.4) is 0 Å². The van der Waals surface area contributed by atoms with E-state index in [1.165, 1.54) is 0 Å². The molecular formula is C12H15BrClNO2. The molecule has 0 spiro atoms. The highest BCUT2D eigenvalue weighted by molar-refractivity contribution is 9.10. The predicted molar refractivity (Wildman–Crippen MR) is 72.4 cm³/mol. The molecule has 0 aliphatic carbocycles. The predicted octanol–water partition coefficient (Wildman–Crippen LogP) is 2.85. The number of amides is 1. The summed E-state index contributed by atoms with van der Waals surface area (Å²) < 4.78 is 0.800. The van der Waals surface area contributed by atoms with Crippen LogP contribution in [0.4, 0.5) is 0 Å². The second kappa shape index (κ2) is 5.85. The van der Waals surface area contributed by atoms with E-state index in [0.717, 1.165) is 4.47 Å². The number of aliphatic hydroxyl groups is 1. The van der Waals surface area contributed by atoms with Gasteiger partial charge in [0, 0.05) is 23.0 Å². The van der Waals surface area contributed by atoms with E-state index in [1.54, 1.807) is 18.2 Å². The second-order valence-electron chi connectivity index (χ2n) is 4.63. The molecule has 1 rings (SSSR count). The van der Waals surface area contributed by atoms with Crippen LogP contribution in [0.25, 0.3) is 0 Å². The molecule has 2 N–H and O–H groups in total. The van der Waals surface area contributed by atoms with E-state index in [9.17, 15) is 4.79 Å². The van der Waals surface area contributed by atoms with Gasteiger partial charge in [0.2, 0.25) is 0 Å². The van der Waals surface area contributed by atoms with Gasteiger partial charge in [0.05, 0.1) is 10.6 Å². The second-order valence-corrected chi connectivity index (χ2v) is 5.95. The fourth-order valence-electron chi connectivity index (χ4n) is 1.14. The van der Waals surface area contributed by atoms with E-state index >= 15 is 0 Å². The lowest BCUT2D eigenvalue weighted by atomic mass is 9.95. The SMILES string of the molecule is CC(C)(CO)CNC(=O)c1cc(Br)ccc1Cl.